The first-order valence-corrected chi connectivity index (χ1v) is 10.4. The Kier molecular flexibility index (Phi) is 5.89. The zero-order chi connectivity index (χ0) is 20.4. The van der Waals surface area contributed by atoms with E-state index in [2.05, 4.69) is 5.10 Å². The van der Waals surface area contributed by atoms with E-state index in [1.807, 2.05) is 6.07 Å². The molecule has 0 radical (unpaired) electrons. The lowest BCUT2D eigenvalue weighted by Crippen LogP contribution is -2.34. The summed E-state index contributed by atoms with van der Waals surface area (Å²) in [6.45, 7) is 3.40. The monoisotopic (exact) mass is 431 g/mol. The lowest BCUT2D eigenvalue weighted by Gasteiger charge is -2.19. The molecule has 1 aliphatic carbocycles. The summed E-state index contributed by atoms with van der Waals surface area (Å²) in [5.74, 6) is 0. The van der Waals surface area contributed by atoms with Crippen molar-refractivity contribution in [3.63, 3.8) is 0 Å². The molecule has 0 saturated heterocycles. The van der Waals surface area contributed by atoms with Crippen molar-refractivity contribution in [3.8, 4) is 6.07 Å². The first-order chi connectivity index (χ1) is 13.3. The van der Waals surface area contributed by atoms with Crippen LogP contribution in [0.3, 0.4) is 0 Å². The molecule has 1 aliphatic rings. The molecule has 1 unspecified atom stereocenters. The average molecular weight is 432 g/mol. The molecule has 0 saturated carbocycles. The van der Waals surface area contributed by atoms with Gasteiger partial charge in [-0.25, -0.2) is 4.68 Å². The van der Waals surface area contributed by atoms with Gasteiger partial charge < -0.3 is 0 Å². The minimum absolute atomic E-state index is 0.0183. The normalized spacial score (nSPS) is 15.9. The van der Waals surface area contributed by atoms with Crippen molar-refractivity contribution < 1.29 is 8.42 Å². The molecule has 1 heterocycles. The zero-order valence-corrected chi connectivity index (χ0v) is 17.3. The van der Waals surface area contributed by atoms with Crippen LogP contribution in [0.2, 0.25) is 5.02 Å². The summed E-state index contributed by atoms with van der Waals surface area (Å²) in [6.07, 6.45) is 4.79. The van der Waals surface area contributed by atoms with Crippen LogP contribution < -0.4 is 5.56 Å². The number of allylic oxidation sites excluding steroid dienone is 4. The Morgan fingerprint density at radius 2 is 1.93 bits per heavy atom. The summed E-state index contributed by atoms with van der Waals surface area (Å²) in [7, 11) is -2.54. The predicted molar refractivity (Wildman–Crippen MR) is 109 cm³/mol. The first kappa shape index (κ1) is 20.1. The third kappa shape index (κ3) is 3.97. The van der Waals surface area contributed by atoms with E-state index in [-0.39, 0.29) is 10.4 Å². The highest BCUT2D eigenvalue weighted by molar-refractivity contribution is 7.99. The van der Waals surface area contributed by atoms with Gasteiger partial charge >= 0.3 is 0 Å². The van der Waals surface area contributed by atoms with Gasteiger partial charge in [0.05, 0.1) is 0 Å². The highest BCUT2D eigenvalue weighted by Gasteiger charge is 2.24. The smallest absolute Gasteiger partial charge is 0.266 e. The van der Waals surface area contributed by atoms with Crippen molar-refractivity contribution in [2.45, 2.75) is 29.8 Å². The molecular formula is C19H14ClN3O3S2. The Labute approximate surface area is 172 Å². The van der Waals surface area contributed by atoms with Crippen LogP contribution >= 0.6 is 23.4 Å². The Bertz CT molecular complexity index is 1240. The topological polar surface area (TPSA) is 92.8 Å². The van der Waals surface area contributed by atoms with E-state index in [0.29, 0.717) is 15.6 Å². The lowest BCUT2D eigenvalue weighted by molar-refractivity contribution is 0.577. The zero-order valence-electron chi connectivity index (χ0n) is 14.9. The second-order valence-electron chi connectivity index (χ2n) is 6.05. The number of rotatable bonds is 3. The molecule has 142 valence electrons. The minimum atomic E-state index is -2.54. The summed E-state index contributed by atoms with van der Waals surface area (Å²) in [6, 6.07) is 8.06. The first-order valence-electron chi connectivity index (χ1n) is 8.11. The fourth-order valence-electron chi connectivity index (χ4n) is 2.68. The van der Waals surface area contributed by atoms with Crippen molar-refractivity contribution in [2.75, 3.05) is 0 Å². The molecule has 0 spiro atoms. The third-order valence-electron chi connectivity index (χ3n) is 4.12. The van der Waals surface area contributed by atoms with Gasteiger partial charge in [-0.2, -0.15) is 18.8 Å². The van der Waals surface area contributed by atoms with Gasteiger partial charge in [-0.1, -0.05) is 35.5 Å². The van der Waals surface area contributed by atoms with Gasteiger partial charge in [-0.15, -0.1) is 0 Å². The quantitative estimate of drug-likeness (QED) is 0.692. The molecular weight excluding hydrogens is 418 g/mol. The molecule has 0 N–H and O–H groups in total. The molecule has 0 fully saturated rings. The Hall–Kier alpha value is -2.60. The largest absolute Gasteiger partial charge is 0.285 e. The molecule has 2 aromatic rings. The van der Waals surface area contributed by atoms with E-state index in [9.17, 15) is 18.5 Å². The van der Waals surface area contributed by atoms with Gasteiger partial charge in [-0.3, -0.25) is 4.79 Å². The van der Waals surface area contributed by atoms with Crippen LogP contribution in [0.1, 0.15) is 24.1 Å². The van der Waals surface area contributed by atoms with Gasteiger partial charge in [0.15, 0.2) is 0 Å². The van der Waals surface area contributed by atoms with E-state index in [1.54, 1.807) is 50.3 Å². The second-order valence-corrected chi connectivity index (χ2v) is 8.49. The summed E-state index contributed by atoms with van der Waals surface area (Å²) in [4.78, 5) is 13.6. The number of nitrogens with zero attached hydrogens (tertiary/aromatic N) is 3. The molecule has 1 aromatic carbocycles. The molecule has 9 heteroatoms. The lowest BCUT2D eigenvalue weighted by atomic mass is 10.0. The van der Waals surface area contributed by atoms with Crippen LogP contribution in [-0.4, -0.2) is 23.1 Å². The summed E-state index contributed by atoms with van der Waals surface area (Å²) < 4.78 is 24.4. The van der Waals surface area contributed by atoms with Gasteiger partial charge in [0.2, 0.25) is 10.3 Å². The molecule has 3 rings (SSSR count). The van der Waals surface area contributed by atoms with Crippen LogP contribution in [0.25, 0.3) is 0 Å². The summed E-state index contributed by atoms with van der Waals surface area (Å²) in [5.41, 5.74) is 0.486. The fourth-order valence-corrected chi connectivity index (χ4v) is 4.34. The third-order valence-corrected chi connectivity index (χ3v) is 6.20. The molecule has 28 heavy (non-hydrogen) atoms. The SMILES string of the molecule is CC1=CC(=S(=O)=O)C(n2nc(Sc3ccc(Cl)cc3)c(C)c(C#N)c2=O)C=C1. The predicted octanol–water partition coefficient (Wildman–Crippen LogP) is 3.34. The maximum atomic E-state index is 12.8. The van der Waals surface area contributed by atoms with Crippen molar-refractivity contribution in [1.82, 2.24) is 9.78 Å². The van der Waals surface area contributed by atoms with E-state index < -0.39 is 21.9 Å². The van der Waals surface area contributed by atoms with Crippen molar-refractivity contribution >= 4 is 38.5 Å². The van der Waals surface area contributed by atoms with Crippen LogP contribution in [0.4, 0.5) is 0 Å². The molecule has 1 aromatic heterocycles. The van der Waals surface area contributed by atoms with Gasteiger partial charge in [0, 0.05) is 15.5 Å². The van der Waals surface area contributed by atoms with E-state index in [1.165, 1.54) is 17.8 Å². The number of hydrogen-bond acceptors (Lipinski definition) is 6. The average Bonchev–Trinajstić information content (AvgIpc) is 2.66. The van der Waals surface area contributed by atoms with Gasteiger partial charge in [0.1, 0.15) is 27.6 Å². The second kappa shape index (κ2) is 8.19. The van der Waals surface area contributed by atoms with Crippen molar-refractivity contribution in [3.05, 3.63) is 74.6 Å². The Morgan fingerprint density at radius 1 is 1.25 bits per heavy atom. The Balaban J connectivity index is 2.19. The molecule has 6 nitrogen and oxygen atoms in total. The summed E-state index contributed by atoms with van der Waals surface area (Å²) in [5, 5.41) is 14.9. The molecule has 0 bridgehead atoms. The van der Waals surface area contributed by atoms with Crippen molar-refractivity contribution in [1.29, 1.82) is 5.26 Å². The van der Waals surface area contributed by atoms with Crippen LogP contribution in [0, 0.1) is 18.3 Å². The van der Waals surface area contributed by atoms with Crippen LogP contribution in [0.5, 0.6) is 0 Å². The fraction of sp³-hybridized carbons (Fsp3) is 0.158. The highest BCUT2D eigenvalue weighted by atomic mass is 35.5. The van der Waals surface area contributed by atoms with Crippen LogP contribution in [0.15, 0.2) is 62.8 Å². The van der Waals surface area contributed by atoms with E-state index >= 15 is 0 Å². The van der Waals surface area contributed by atoms with Crippen LogP contribution in [-0.2, 0) is 10.3 Å². The number of nitriles is 1. The maximum Gasteiger partial charge on any atom is 0.285 e. The minimum Gasteiger partial charge on any atom is -0.266 e. The number of hydrogen-bond donors (Lipinski definition) is 0. The molecule has 0 amide bonds. The van der Waals surface area contributed by atoms with Gasteiger partial charge in [-0.05, 0) is 49.8 Å². The van der Waals surface area contributed by atoms with Crippen molar-refractivity contribution in [2.24, 2.45) is 0 Å². The van der Waals surface area contributed by atoms with Gasteiger partial charge in [0.25, 0.3) is 5.56 Å². The number of aromatic nitrogens is 2. The highest BCUT2D eigenvalue weighted by Crippen LogP contribution is 2.30. The number of benzene rings is 1. The Morgan fingerprint density at radius 3 is 2.54 bits per heavy atom. The number of halogens is 1. The molecule has 1 atom stereocenters. The van der Waals surface area contributed by atoms with E-state index in [4.69, 9.17) is 11.6 Å². The van der Waals surface area contributed by atoms with E-state index in [0.717, 1.165) is 15.2 Å². The maximum absolute atomic E-state index is 12.8. The summed E-state index contributed by atoms with van der Waals surface area (Å²) >= 11 is 7.18. The standard InChI is InChI=1S/C19H14ClN3O3S2/c1-11-3-8-16(17(9-11)28(25)26)23-19(24)15(10-21)12(2)18(22-23)27-14-6-4-13(20)5-7-14/h3-9,16H,1-2H3. The molecule has 0 aliphatic heterocycles.